The first kappa shape index (κ1) is 22.0. The molecule has 1 saturated heterocycles. The van der Waals surface area contributed by atoms with E-state index in [0.717, 1.165) is 46.4 Å². The van der Waals surface area contributed by atoms with E-state index in [2.05, 4.69) is 32.8 Å². The fraction of sp³-hybridized carbons (Fsp3) is 0.440. The highest BCUT2D eigenvalue weighted by Crippen LogP contribution is 2.32. The summed E-state index contributed by atoms with van der Waals surface area (Å²) in [5.41, 5.74) is 3.15. The van der Waals surface area contributed by atoms with E-state index in [1.807, 2.05) is 35.0 Å². The average molecular weight is 464 g/mol. The number of carbonyl (C=O) groups is 1. The number of benzene rings is 1. The number of hydrogen-bond donors (Lipinski definition) is 0. The van der Waals surface area contributed by atoms with E-state index >= 15 is 0 Å². The van der Waals surface area contributed by atoms with Crippen molar-refractivity contribution in [1.82, 2.24) is 19.7 Å². The lowest BCUT2D eigenvalue weighted by atomic mass is 10.0. The van der Waals surface area contributed by atoms with Gasteiger partial charge in [0.25, 0.3) is 5.91 Å². The molecular weight excluding hydrogens is 434 g/mol. The standard InChI is InChI=1S/C25H29N5O2S/c1-15(2)21-12-18(19-13-26-30(16(3)4)23(19)27-21)24(31)29(14-17-8-7-11-32-17)25-28-20-9-5-6-10-22(20)33-25/h5-6,9-10,12-13,15-17H,7-8,11,14H2,1-4H3/t17-/m0/s1. The molecule has 1 aromatic carbocycles. The maximum absolute atomic E-state index is 14.2. The van der Waals surface area contributed by atoms with E-state index in [4.69, 9.17) is 14.7 Å². The number of hydrogen-bond acceptors (Lipinski definition) is 6. The first-order valence-corrected chi connectivity index (χ1v) is 12.4. The largest absolute Gasteiger partial charge is 0.376 e. The monoisotopic (exact) mass is 463 g/mol. The van der Waals surface area contributed by atoms with Gasteiger partial charge in [0.2, 0.25) is 0 Å². The molecule has 0 aliphatic carbocycles. The zero-order valence-electron chi connectivity index (χ0n) is 19.5. The summed E-state index contributed by atoms with van der Waals surface area (Å²) in [6.07, 6.45) is 3.75. The number of pyridine rings is 1. The lowest BCUT2D eigenvalue weighted by Crippen LogP contribution is -2.37. The van der Waals surface area contributed by atoms with Crippen LogP contribution in [0.15, 0.2) is 36.5 Å². The van der Waals surface area contributed by atoms with Crippen molar-refractivity contribution in [2.75, 3.05) is 18.1 Å². The van der Waals surface area contributed by atoms with E-state index in [1.54, 1.807) is 11.1 Å². The van der Waals surface area contributed by atoms with Gasteiger partial charge in [-0.25, -0.2) is 14.6 Å². The summed E-state index contributed by atoms with van der Waals surface area (Å²) in [6.45, 7) is 9.56. The summed E-state index contributed by atoms with van der Waals surface area (Å²) in [4.78, 5) is 25.6. The van der Waals surface area contributed by atoms with Crippen LogP contribution in [0.1, 0.15) is 68.5 Å². The molecule has 8 heteroatoms. The van der Waals surface area contributed by atoms with Gasteiger partial charge in [-0.1, -0.05) is 37.3 Å². The lowest BCUT2D eigenvalue weighted by molar-refractivity contribution is 0.0918. The number of nitrogens with zero attached hydrogens (tertiary/aromatic N) is 5. The van der Waals surface area contributed by atoms with Crippen LogP contribution in [-0.4, -0.2) is 44.9 Å². The summed E-state index contributed by atoms with van der Waals surface area (Å²) in [5.74, 6) is 0.104. The van der Waals surface area contributed by atoms with Crippen molar-refractivity contribution in [2.45, 2.75) is 58.6 Å². The average Bonchev–Trinajstić information content (AvgIpc) is 3.55. The third kappa shape index (κ3) is 4.13. The van der Waals surface area contributed by atoms with Gasteiger partial charge in [0.15, 0.2) is 10.8 Å². The first-order chi connectivity index (χ1) is 15.9. The number of aromatic nitrogens is 4. The second kappa shape index (κ2) is 8.83. The molecule has 1 amide bonds. The van der Waals surface area contributed by atoms with E-state index < -0.39 is 0 Å². The molecule has 0 N–H and O–H groups in total. The third-order valence-electron chi connectivity index (χ3n) is 6.07. The molecular formula is C25H29N5O2S. The van der Waals surface area contributed by atoms with E-state index in [9.17, 15) is 4.79 Å². The molecule has 7 nitrogen and oxygen atoms in total. The van der Waals surface area contributed by atoms with Crippen LogP contribution in [-0.2, 0) is 4.74 Å². The zero-order chi connectivity index (χ0) is 23.1. The Kier molecular flexibility index (Phi) is 5.88. The number of thiazole rings is 1. The van der Waals surface area contributed by atoms with Gasteiger partial charge in [-0.15, -0.1) is 0 Å². The van der Waals surface area contributed by atoms with Gasteiger partial charge in [0.05, 0.1) is 40.0 Å². The Morgan fingerprint density at radius 1 is 1.24 bits per heavy atom. The minimum Gasteiger partial charge on any atom is -0.376 e. The SMILES string of the molecule is CC(C)c1cc(C(=O)N(C[C@@H]2CCCO2)c2nc3ccccc3s2)c2cnn(C(C)C)c2n1. The molecule has 172 valence electrons. The Bertz CT molecular complexity index is 1270. The quantitative estimate of drug-likeness (QED) is 0.374. The fourth-order valence-electron chi connectivity index (χ4n) is 4.25. The Labute approximate surface area is 197 Å². The van der Waals surface area contributed by atoms with Crippen LogP contribution >= 0.6 is 11.3 Å². The molecule has 0 saturated carbocycles. The van der Waals surface area contributed by atoms with Crippen molar-refractivity contribution < 1.29 is 9.53 Å². The minimum absolute atomic E-state index is 0.0150. The van der Waals surface area contributed by atoms with Crippen molar-refractivity contribution >= 4 is 43.6 Å². The number of amides is 1. The Morgan fingerprint density at radius 2 is 2.06 bits per heavy atom. The van der Waals surface area contributed by atoms with Crippen molar-refractivity contribution in [3.63, 3.8) is 0 Å². The smallest absolute Gasteiger partial charge is 0.261 e. The van der Waals surface area contributed by atoms with Crippen molar-refractivity contribution in [3.8, 4) is 0 Å². The number of fused-ring (bicyclic) bond motifs is 2. The van der Waals surface area contributed by atoms with Crippen LogP contribution < -0.4 is 4.90 Å². The molecule has 0 bridgehead atoms. The molecule has 0 unspecified atom stereocenters. The van der Waals surface area contributed by atoms with Crippen LogP contribution in [0.5, 0.6) is 0 Å². The van der Waals surface area contributed by atoms with E-state index in [0.29, 0.717) is 17.2 Å². The summed E-state index contributed by atoms with van der Waals surface area (Å²) >= 11 is 1.54. The van der Waals surface area contributed by atoms with Crippen LogP contribution in [0.25, 0.3) is 21.3 Å². The molecule has 1 aliphatic heterocycles. The molecule has 4 heterocycles. The predicted molar refractivity (Wildman–Crippen MR) is 132 cm³/mol. The molecule has 4 aromatic rings. The summed E-state index contributed by atoms with van der Waals surface area (Å²) in [5, 5.41) is 6.03. The number of carbonyl (C=O) groups excluding carboxylic acids is 1. The summed E-state index contributed by atoms with van der Waals surface area (Å²) < 4.78 is 8.86. The first-order valence-electron chi connectivity index (χ1n) is 11.6. The number of para-hydroxylation sites is 1. The third-order valence-corrected chi connectivity index (χ3v) is 7.13. The molecule has 1 atom stereocenters. The summed E-state index contributed by atoms with van der Waals surface area (Å²) in [6, 6.07) is 10.1. The van der Waals surface area contributed by atoms with Crippen LogP contribution in [0, 0.1) is 0 Å². The lowest BCUT2D eigenvalue weighted by Gasteiger charge is -2.24. The van der Waals surface area contributed by atoms with Gasteiger partial charge in [0, 0.05) is 18.3 Å². The van der Waals surface area contributed by atoms with Crippen LogP contribution in [0.4, 0.5) is 5.13 Å². The van der Waals surface area contributed by atoms with Gasteiger partial charge in [-0.2, -0.15) is 5.10 Å². The van der Waals surface area contributed by atoms with Gasteiger partial charge in [0.1, 0.15) is 0 Å². The minimum atomic E-state index is -0.0813. The Hall–Kier alpha value is -2.84. The number of anilines is 1. The highest BCUT2D eigenvalue weighted by molar-refractivity contribution is 7.22. The Balaban J connectivity index is 1.64. The van der Waals surface area contributed by atoms with Gasteiger partial charge < -0.3 is 4.74 Å². The molecule has 33 heavy (non-hydrogen) atoms. The van der Waals surface area contributed by atoms with Crippen LogP contribution in [0.2, 0.25) is 0 Å². The molecule has 3 aromatic heterocycles. The molecule has 1 aliphatic rings. The van der Waals surface area contributed by atoms with Crippen LogP contribution in [0.3, 0.4) is 0 Å². The van der Waals surface area contributed by atoms with Crippen molar-refractivity contribution in [3.05, 3.63) is 47.8 Å². The highest BCUT2D eigenvalue weighted by Gasteiger charge is 2.29. The van der Waals surface area contributed by atoms with E-state index in [-0.39, 0.29) is 24.0 Å². The van der Waals surface area contributed by atoms with E-state index in [1.165, 1.54) is 11.3 Å². The number of ether oxygens (including phenoxy) is 1. The maximum atomic E-state index is 14.2. The summed E-state index contributed by atoms with van der Waals surface area (Å²) in [7, 11) is 0. The van der Waals surface area contributed by atoms with Gasteiger partial charge in [-0.05, 0) is 50.8 Å². The van der Waals surface area contributed by atoms with Gasteiger partial charge in [-0.3, -0.25) is 9.69 Å². The number of rotatable bonds is 6. The molecule has 0 spiro atoms. The topological polar surface area (TPSA) is 73.1 Å². The zero-order valence-corrected chi connectivity index (χ0v) is 20.3. The predicted octanol–water partition coefficient (Wildman–Crippen LogP) is 5.57. The fourth-order valence-corrected chi connectivity index (χ4v) is 5.22. The maximum Gasteiger partial charge on any atom is 0.261 e. The Morgan fingerprint density at radius 3 is 2.76 bits per heavy atom. The molecule has 0 radical (unpaired) electrons. The normalized spacial score (nSPS) is 16.5. The highest BCUT2D eigenvalue weighted by atomic mass is 32.1. The molecule has 1 fully saturated rings. The second-order valence-corrected chi connectivity index (χ2v) is 10.2. The molecule has 5 rings (SSSR count). The second-order valence-electron chi connectivity index (χ2n) is 9.18. The van der Waals surface area contributed by atoms with Crippen molar-refractivity contribution in [2.24, 2.45) is 0 Å². The van der Waals surface area contributed by atoms with Crippen molar-refractivity contribution in [1.29, 1.82) is 0 Å². The van der Waals surface area contributed by atoms with Gasteiger partial charge >= 0.3 is 0 Å².